The van der Waals surface area contributed by atoms with Crippen molar-refractivity contribution in [3.63, 3.8) is 0 Å². The highest BCUT2D eigenvalue weighted by atomic mass is 16.2. The molecule has 0 unspecified atom stereocenters. The highest BCUT2D eigenvalue weighted by molar-refractivity contribution is 5.46. The van der Waals surface area contributed by atoms with E-state index in [9.17, 15) is 0 Å². The maximum Gasteiger partial charge on any atom is 0.204 e. The average Bonchev–Trinajstić information content (AvgIpc) is 2.84. The lowest BCUT2D eigenvalue weighted by Gasteiger charge is -2.13. The van der Waals surface area contributed by atoms with Crippen LogP contribution in [0.15, 0.2) is 30.5 Å². The zero-order valence-corrected chi connectivity index (χ0v) is 13.0. The van der Waals surface area contributed by atoms with Gasteiger partial charge in [0.25, 0.3) is 0 Å². The highest BCUT2D eigenvalue weighted by Crippen LogP contribution is 2.15. The van der Waals surface area contributed by atoms with E-state index in [1.807, 2.05) is 38.3 Å². The summed E-state index contributed by atoms with van der Waals surface area (Å²) in [5, 5.41) is 12.3. The van der Waals surface area contributed by atoms with E-state index in [0.29, 0.717) is 0 Å². The van der Waals surface area contributed by atoms with Crippen LogP contribution in [-0.4, -0.2) is 35.4 Å². The number of nitrogens with one attached hydrogen (secondary N) is 1. The molecule has 5 nitrogen and oxygen atoms in total. The molecule has 2 N–H and O–H groups in total. The van der Waals surface area contributed by atoms with Crippen molar-refractivity contribution < 1.29 is 5.11 Å². The first-order chi connectivity index (χ1) is 10.1. The quantitative estimate of drug-likeness (QED) is 0.818. The molecule has 114 valence electrons. The normalized spacial score (nSPS) is 10.7. The summed E-state index contributed by atoms with van der Waals surface area (Å²) < 4.78 is 2.09. The van der Waals surface area contributed by atoms with Gasteiger partial charge in [0.2, 0.25) is 5.95 Å². The molecule has 0 saturated carbocycles. The van der Waals surface area contributed by atoms with Crippen LogP contribution >= 0.6 is 0 Å². The first kappa shape index (κ1) is 15.4. The Hall–Kier alpha value is -2.01. The monoisotopic (exact) mass is 288 g/mol. The Morgan fingerprint density at radius 3 is 2.81 bits per heavy atom. The fraction of sp³-hybridized carbons (Fsp3) is 0.438. The van der Waals surface area contributed by atoms with Gasteiger partial charge in [-0.25, -0.2) is 4.98 Å². The molecule has 21 heavy (non-hydrogen) atoms. The van der Waals surface area contributed by atoms with Crippen LogP contribution in [0, 0.1) is 0 Å². The molecule has 0 bridgehead atoms. The Balaban J connectivity index is 1.99. The molecule has 0 fully saturated rings. The zero-order chi connectivity index (χ0) is 15.2. The Kier molecular flexibility index (Phi) is 5.22. The molecule has 1 aromatic heterocycles. The summed E-state index contributed by atoms with van der Waals surface area (Å²) in [5.74, 6) is 0.948. The first-order valence-corrected chi connectivity index (χ1v) is 7.23. The summed E-state index contributed by atoms with van der Waals surface area (Å²) in [6.45, 7) is 0.973. The smallest absolute Gasteiger partial charge is 0.204 e. The Labute approximate surface area is 126 Å². The van der Waals surface area contributed by atoms with Gasteiger partial charge in [-0.1, -0.05) is 12.1 Å². The lowest BCUT2D eigenvalue weighted by Crippen LogP contribution is -2.15. The van der Waals surface area contributed by atoms with E-state index in [1.165, 1.54) is 5.56 Å². The second kappa shape index (κ2) is 7.13. The molecular weight excluding hydrogens is 264 g/mol. The summed E-state index contributed by atoms with van der Waals surface area (Å²) in [6.07, 6.45) is 3.61. The number of aliphatic hydroxyl groups is 1. The minimum Gasteiger partial charge on any atom is -0.396 e. The SMILES string of the molecule is CN(C)c1ncc(CNc2cccc(CCCO)c2)n1C. The third-order valence-corrected chi connectivity index (χ3v) is 3.48. The molecular formula is C16H24N4O. The molecule has 0 aliphatic heterocycles. The van der Waals surface area contributed by atoms with E-state index in [2.05, 4.69) is 33.1 Å². The van der Waals surface area contributed by atoms with Gasteiger partial charge in [0, 0.05) is 33.4 Å². The third-order valence-electron chi connectivity index (χ3n) is 3.48. The van der Waals surface area contributed by atoms with Gasteiger partial charge >= 0.3 is 0 Å². The second-order valence-electron chi connectivity index (χ2n) is 5.38. The van der Waals surface area contributed by atoms with Gasteiger partial charge in [0.05, 0.1) is 18.4 Å². The van der Waals surface area contributed by atoms with Crippen LogP contribution in [0.4, 0.5) is 11.6 Å². The maximum atomic E-state index is 8.90. The summed E-state index contributed by atoms with van der Waals surface area (Å²) in [7, 11) is 6.01. The van der Waals surface area contributed by atoms with Gasteiger partial charge in [-0.2, -0.15) is 0 Å². The zero-order valence-electron chi connectivity index (χ0n) is 13.0. The van der Waals surface area contributed by atoms with Gasteiger partial charge in [-0.3, -0.25) is 0 Å². The lowest BCUT2D eigenvalue weighted by molar-refractivity contribution is 0.288. The predicted octanol–water partition coefficient (Wildman–Crippen LogP) is 2.02. The molecule has 0 aliphatic rings. The Bertz CT molecular complexity index is 577. The molecule has 0 aliphatic carbocycles. The number of imidazole rings is 1. The highest BCUT2D eigenvalue weighted by Gasteiger charge is 2.07. The molecule has 0 saturated heterocycles. The van der Waals surface area contributed by atoms with E-state index in [1.54, 1.807) is 0 Å². The van der Waals surface area contributed by atoms with Gasteiger partial charge in [0.1, 0.15) is 0 Å². The molecule has 0 atom stereocenters. The number of rotatable bonds is 7. The summed E-state index contributed by atoms with van der Waals surface area (Å²) in [6, 6.07) is 8.34. The number of benzene rings is 1. The minimum absolute atomic E-state index is 0.236. The van der Waals surface area contributed by atoms with E-state index < -0.39 is 0 Å². The molecule has 0 radical (unpaired) electrons. The Morgan fingerprint density at radius 2 is 2.14 bits per heavy atom. The maximum absolute atomic E-state index is 8.90. The van der Waals surface area contributed by atoms with Gasteiger partial charge in [0.15, 0.2) is 0 Å². The van der Waals surface area contributed by atoms with Crippen LogP contribution < -0.4 is 10.2 Å². The molecule has 5 heteroatoms. The largest absolute Gasteiger partial charge is 0.396 e. The van der Waals surface area contributed by atoms with Crippen LogP contribution in [0.2, 0.25) is 0 Å². The van der Waals surface area contributed by atoms with Crippen molar-refractivity contribution in [1.29, 1.82) is 0 Å². The van der Waals surface area contributed by atoms with Crippen LogP contribution in [0.1, 0.15) is 17.7 Å². The third kappa shape index (κ3) is 3.98. The van der Waals surface area contributed by atoms with Crippen molar-refractivity contribution in [3.8, 4) is 0 Å². The standard InChI is InChI=1S/C16H24N4O/c1-19(2)16-18-12-15(20(16)3)11-17-14-8-4-6-13(10-14)7-5-9-21/h4,6,8,10,12,17,21H,5,7,9,11H2,1-3H3. The topological polar surface area (TPSA) is 53.3 Å². The minimum atomic E-state index is 0.236. The van der Waals surface area contributed by atoms with Crippen LogP contribution in [0.25, 0.3) is 0 Å². The predicted molar refractivity (Wildman–Crippen MR) is 86.7 cm³/mol. The van der Waals surface area contributed by atoms with Gasteiger partial charge in [-0.05, 0) is 30.5 Å². The molecule has 0 spiro atoms. The number of aromatic nitrogens is 2. The lowest BCUT2D eigenvalue weighted by atomic mass is 10.1. The van der Waals surface area contributed by atoms with E-state index >= 15 is 0 Å². The summed E-state index contributed by atoms with van der Waals surface area (Å²) in [5.41, 5.74) is 3.48. The number of aryl methyl sites for hydroxylation is 1. The molecule has 2 rings (SSSR count). The number of hydrogen-bond acceptors (Lipinski definition) is 4. The van der Waals surface area contributed by atoms with Crippen molar-refractivity contribution in [1.82, 2.24) is 9.55 Å². The number of hydrogen-bond donors (Lipinski definition) is 2. The van der Waals surface area contributed by atoms with E-state index in [4.69, 9.17) is 5.11 Å². The van der Waals surface area contributed by atoms with Crippen molar-refractivity contribution in [3.05, 3.63) is 41.7 Å². The van der Waals surface area contributed by atoms with Crippen molar-refractivity contribution >= 4 is 11.6 Å². The van der Waals surface area contributed by atoms with Crippen molar-refractivity contribution in [2.45, 2.75) is 19.4 Å². The fourth-order valence-corrected chi connectivity index (χ4v) is 2.33. The molecule has 1 aromatic carbocycles. The number of nitrogens with zero attached hydrogens (tertiary/aromatic N) is 3. The van der Waals surface area contributed by atoms with Gasteiger partial charge < -0.3 is 19.9 Å². The van der Waals surface area contributed by atoms with Crippen LogP contribution in [0.5, 0.6) is 0 Å². The molecule has 0 amide bonds. The van der Waals surface area contributed by atoms with E-state index in [-0.39, 0.29) is 6.61 Å². The first-order valence-electron chi connectivity index (χ1n) is 7.23. The second-order valence-corrected chi connectivity index (χ2v) is 5.38. The van der Waals surface area contributed by atoms with Crippen LogP contribution in [0.3, 0.4) is 0 Å². The molecule has 1 heterocycles. The van der Waals surface area contributed by atoms with Crippen molar-refractivity contribution in [2.75, 3.05) is 30.9 Å². The van der Waals surface area contributed by atoms with E-state index in [0.717, 1.165) is 36.7 Å². The number of anilines is 2. The van der Waals surface area contributed by atoms with Crippen LogP contribution in [-0.2, 0) is 20.0 Å². The number of aliphatic hydroxyl groups excluding tert-OH is 1. The molecule has 2 aromatic rings. The fourth-order valence-electron chi connectivity index (χ4n) is 2.33. The summed E-state index contributed by atoms with van der Waals surface area (Å²) >= 11 is 0. The van der Waals surface area contributed by atoms with Crippen molar-refractivity contribution in [2.24, 2.45) is 7.05 Å². The Morgan fingerprint density at radius 1 is 1.33 bits per heavy atom. The van der Waals surface area contributed by atoms with Gasteiger partial charge in [-0.15, -0.1) is 0 Å². The summed E-state index contributed by atoms with van der Waals surface area (Å²) in [4.78, 5) is 6.41. The average molecular weight is 288 g/mol.